The molecule has 0 aliphatic heterocycles. The molecule has 1 nitrogen and oxygen atoms in total. The van der Waals surface area contributed by atoms with E-state index in [0.29, 0.717) is 0 Å². The molecule has 0 N–H and O–H groups in total. The molecule has 2 heteroatoms. The largest absolute Gasteiger partial charge is 0.546 e. The molecule has 1 aliphatic carbocycles. The maximum absolute atomic E-state index is 5.78. The molecule has 0 saturated carbocycles. The van der Waals surface area contributed by atoms with E-state index in [9.17, 15) is 0 Å². The van der Waals surface area contributed by atoms with Gasteiger partial charge < -0.3 is 4.43 Å². The van der Waals surface area contributed by atoms with Crippen LogP contribution in [0.2, 0.25) is 13.1 Å². The summed E-state index contributed by atoms with van der Waals surface area (Å²) in [7, 11) is -0.524. The van der Waals surface area contributed by atoms with E-state index in [0.717, 1.165) is 0 Å². The van der Waals surface area contributed by atoms with Gasteiger partial charge in [0.15, 0.2) is 0 Å². The lowest BCUT2D eigenvalue weighted by atomic mass is 9.99. The van der Waals surface area contributed by atoms with E-state index in [4.69, 9.17) is 4.43 Å². The van der Waals surface area contributed by atoms with Crippen molar-refractivity contribution in [2.45, 2.75) is 45.7 Å². The monoisotopic (exact) mass is 169 g/mol. The summed E-state index contributed by atoms with van der Waals surface area (Å²) in [5.74, 6) is 1.30. The van der Waals surface area contributed by atoms with Crippen molar-refractivity contribution in [3.8, 4) is 0 Å². The van der Waals surface area contributed by atoms with Gasteiger partial charge in [-0.3, -0.25) is 0 Å². The van der Waals surface area contributed by atoms with Gasteiger partial charge in [0, 0.05) is 6.42 Å². The number of hydrogen-bond donors (Lipinski definition) is 0. The van der Waals surface area contributed by atoms with Crippen LogP contribution >= 0.6 is 0 Å². The Balaban J connectivity index is 2.52. The SMILES string of the molecule is CC1=C(O[Si](C)C)CCCC1. The molecule has 0 spiro atoms. The van der Waals surface area contributed by atoms with Crippen molar-refractivity contribution in [3.63, 3.8) is 0 Å². The summed E-state index contributed by atoms with van der Waals surface area (Å²) in [6.45, 7) is 6.60. The Morgan fingerprint density at radius 3 is 2.36 bits per heavy atom. The number of hydrogen-bond acceptors (Lipinski definition) is 1. The maximum Gasteiger partial charge on any atom is 0.273 e. The van der Waals surface area contributed by atoms with Crippen LogP contribution < -0.4 is 0 Å². The van der Waals surface area contributed by atoms with Crippen molar-refractivity contribution in [3.05, 3.63) is 11.3 Å². The normalized spacial score (nSPS) is 19.3. The standard InChI is InChI=1S/C9H17OSi/c1-8-6-4-5-7-9(8)10-11(2)3/h4-7H2,1-3H3. The third-order valence-electron chi connectivity index (χ3n) is 2.01. The van der Waals surface area contributed by atoms with Crippen molar-refractivity contribution in [1.82, 2.24) is 0 Å². The number of rotatable bonds is 2. The average Bonchev–Trinajstić information content (AvgIpc) is 1.93. The minimum atomic E-state index is -0.524. The Kier molecular flexibility index (Phi) is 3.18. The van der Waals surface area contributed by atoms with Crippen LogP contribution in [0.3, 0.4) is 0 Å². The minimum Gasteiger partial charge on any atom is -0.546 e. The third-order valence-corrected chi connectivity index (χ3v) is 2.66. The zero-order valence-corrected chi connectivity index (χ0v) is 8.74. The Labute approximate surface area is 71.2 Å². The fourth-order valence-electron chi connectivity index (χ4n) is 1.41. The molecule has 1 radical (unpaired) electrons. The Morgan fingerprint density at radius 2 is 1.82 bits per heavy atom. The van der Waals surface area contributed by atoms with E-state index in [1.807, 2.05) is 0 Å². The second kappa shape index (κ2) is 3.95. The van der Waals surface area contributed by atoms with Gasteiger partial charge in [-0.2, -0.15) is 0 Å². The van der Waals surface area contributed by atoms with Crippen molar-refractivity contribution in [2.75, 3.05) is 0 Å². The maximum atomic E-state index is 5.78. The molecule has 1 aliphatic rings. The average molecular weight is 169 g/mol. The van der Waals surface area contributed by atoms with Crippen LogP contribution in [0.25, 0.3) is 0 Å². The molecular weight excluding hydrogens is 152 g/mol. The highest BCUT2D eigenvalue weighted by Gasteiger charge is 2.11. The topological polar surface area (TPSA) is 9.23 Å². The first-order valence-corrected chi connectivity index (χ1v) is 6.77. The molecule has 0 aromatic rings. The quantitative estimate of drug-likeness (QED) is 0.577. The molecule has 0 atom stereocenters. The molecule has 0 heterocycles. The zero-order chi connectivity index (χ0) is 8.27. The zero-order valence-electron chi connectivity index (χ0n) is 7.74. The highest BCUT2D eigenvalue weighted by Crippen LogP contribution is 2.25. The first-order valence-electron chi connectivity index (χ1n) is 4.37. The van der Waals surface area contributed by atoms with Gasteiger partial charge in [-0.25, -0.2) is 0 Å². The van der Waals surface area contributed by atoms with Crippen LogP contribution in [0.4, 0.5) is 0 Å². The Hall–Kier alpha value is -0.243. The van der Waals surface area contributed by atoms with Gasteiger partial charge in [0.1, 0.15) is 0 Å². The lowest BCUT2D eigenvalue weighted by Gasteiger charge is -2.20. The molecule has 1 rings (SSSR count). The Morgan fingerprint density at radius 1 is 1.18 bits per heavy atom. The van der Waals surface area contributed by atoms with Gasteiger partial charge in [0.05, 0.1) is 5.76 Å². The molecule has 0 saturated heterocycles. The van der Waals surface area contributed by atoms with Gasteiger partial charge >= 0.3 is 0 Å². The van der Waals surface area contributed by atoms with Crippen LogP contribution in [-0.2, 0) is 4.43 Å². The van der Waals surface area contributed by atoms with Crippen molar-refractivity contribution < 1.29 is 4.43 Å². The first-order chi connectivity index (χ1) is 5.20. The van der Waals surface area contributed by atoms with Gasteiger partial charge in [-0.05, 0) is 44.9 Å². The summed E-state index contributed by atoms with van der Waals surface area (Å²) in [6.07, 6.45) is 5.11. The van der Waals surface area contributed by atoms with Gasteiger partial charge in [-0.15, -0.1) is 0 Å². The predicted molar refractivity (Wildman–Crippen MR) is 49.7 cm³/mol. The van der Waals surface area contributed by atoms with Crippen LogP contribution in [0.15, 0.2) is 11.3 Å². The van der Waals surface area contributed by atoms with Gasteiger partial charge in [0.2, 0.25) is 0 Å². The van der Waals surface area contributed by atoms with Crippen LogP contribution in [-0.4, -0.2) is 9.04 Å². The second-order valence-corrected chi connectivity index (χ2v) is 5.44. The lowest BCUT2D eigenvalue weighted by Crippen LogP contribution is -2.10. The molecular formula is C9H17OSi. The van der Waals surface area contributed by atoms with Crippen LogP contribution in [0.5, 0.6) is 0 Å². The molecule has 0 aromatic heterocycles. The molecule has 0 bridgehead atoms. The van der Waals surface area contributed by atoms with Crippen LogP contribution in [0, 0.1) is 0 Å². The van der Waals surface area contributed by atoms with E-state index < -0.39 is 9.04 Å². The van der Waals surface area contributed by atoms with E-state index in [2.05, 4.69) is 20.0 Å². The van der Waals surface area contributed by atoms with E-state index in [-0.39, 0.29) is 0 Å². The fourth-order valence-corrected chi connectivity index (χ4v) is 2.18. The molecule has 63 valence electrons. The van der Waals surface area contributed by atoms with Gasteiger partial charge in [0.25, 0.3) is 9.04 Å². The molecule has 0 unspecified atom stereocenters. The van der Waals surface area contributed by atoms with Crippen molar-refractivity contribution >= 4 is 9.04 Å². The highest BCUT2D eigenvalue weighted by atomic mass is 28.3. The van der Waals surface area contributed by atoms with Crippen molar-refractivity contribution in [2.24, 2.45) is 0 Å². The predicted octanol–water partition coefficient (Wildman–Crippen LogP) is 3.10. The van der Waals surface area contributed by atoms with E-state index in [1.165, 1.54) is 37.0 Å². The van der Waals surface area contributed by atoms with E-state index >= 15 is 0 Å². The second-order valence-electron chi connectivity index (χ2n) is 3.42. The number of allylic oxidation sites excluding steroid dienone is 2. The third kappa shape index (κ3) is 2.70. The first kappa shape index (κ1) is 8.85. The van der Waals surface area contributed by atoms with Gasteiger partial charge in [-0.1, -0.05) is 0 Å². The molecule has 11 heavy (non-hydrogen) atoms. The highest BCUT2D eigenvalue weighted by molar-refractivity contribution is 6.48. The van der Waals surface area contributed by atoms with E-state index in [1.54, 1.807) is 0 Å². The lowest BCUT2D eigenvalue weighted by molar-refractivity contribution is 0.385. The Bertz CT molecular complexity index is 161. The minimum absolute atomic E-state index is 0.524. The molecule has 0 amide bonds. The smallest absolute Gasteiger partial charge is 0.273 e. The summed E-state index contributed by atoms with van der Waals surface area (Å²) in [5, 5.41) is 0. The van der Waals surface area contributed by atoms with Crippen molar-refractivity contribution in [1.29, 1.82) is 0 Å². The summed E-state index contributed by atoms with van der Waals surface area (Å²) >= 11 is 0. The molecule has 0 fully saturated rings. The summed E-state index contributed by atoms with van der Waals surface area (Å²) in [4.78, 5) is 0. The van der Waals surface area contributed by atoms with Crippen LogP contribution in [0.1, 0.15) is 32.6 Å². The molecule has 0 aromatic carbocycles. The summed E-state index contributed by atoms with van der Waals surface area (Å²) in [6, 6.07) is 0. The summed E-state index contributed by atoms with van der Waals surface area (Å²) in [5.41, 5.74) is 1.49. The fraction of sp³-hybridized carbons (Fsp3) is 0.778. The summed E-state index contributed by atoms with van der Waals surface area (Å²) < 4.78 is 5.78.